The van der Waals surface area contributed by atoms with Crippen LogP contribution in [0.4, 0.5) is 4.79 Å². The van der Waals surface area contributed by atoms with E-state index in [1.807, 2.05) is 22.7 Å². The number of hydrogen-bond acceptors (Lipinski definition) is 3. The number of thioether (sulfide) groups is 1. The number of thiophene rings is 1. The van der Waals surface area contributed by atoms with Crippen molar-refractivity contribution in [2.24, 2.45) is 0 Å². The van der Waals surface area contributed by atoms with Gasteiger partial charge in [0.05, 0.1) is 6.04 Å². The lowest BCUT2D eigenvalue weighted by Gasteiger charge is -2.28. The Morgan fingerprint density at radius 1 is 1.50 bits per heavy atom. The first-order valence-electron chi connectivity index (χ1n) is 6.48. The molecule has 1 aromatic rings. The summed E-state index contributed by atoms with van der Waals surface area (Å²) in [5.41, 5.74) is 0. The number of nitrogens with one attached hydrogen (secondary N) is 1. The molecule has 2 rings (SSSR count). The Kier molecular flexibility index (Phi) is 5.38. The van der Waals surface area contributed by atoms with Gasteiger partial charge in [0.15, 0.2) is 0 Å². The molecule has 2 amide bonds. The molecule has 5 heteroatoms. The van der Waals surface area contributed by atoms with Crippen LogP contribution in [-0.4, -0.2) is 35.5 Å². The number of hydrogen-bond donors (Lipinski definition) is 1. The number of nitrogens with zero attached hydrogens (tertiary/aromatic N) is 1. The molecular formula is C13H20N2OS2. The minimum atomic E-state index is 0.0992. The summed E-state index contributed by atoms with van der Waals surface area (Å²) in [5.74, 6) is 2.12. The zero-order valence-electron chi connectivity index (χ0n) is 10.7. The van der Waals surface area contributed by atoms with Crippen molar-refractivity contribution < 1.29 is 4.79 Å². The van der Waals surface area contributed by atoms with Crippen molar-refractivity contribution in [2.75, 3.05) is 24.6 Å². The van der Waals surface area contributed by atoms with E-state index in [4.69, 9.17) is 0 Å². The van der Waals surface area contributed by atoms with E-state index in [9.17, 15) is 4.79 Å². The molecule has 18 heavy (non-hydrogen) atoms. The molecule has 0 radical (unpaired) electrons. The fourth-order valence-electron chi connectivity index (χ4n) is 2.07. The van der Waals surface area contributed by atoms with Crippen molar-refractivity contribution in [3.8, 4) is 0 Å². The molecule has 2 heterocycles. The number of carbonyl (C=O) groups is 1. The van der Waals surface area contributed by atoms with E-state index < -0.39 is 0 Å². The molecule has 1 N–H and O–H groups in total. The Bertz CT molecular complexity index is 361. The predicted octanol–water partition coefficient (Wildman–Crippen LogP) is 3.35. The van der Waals surface area contributed by atoms with Gasteiger partial charge in [0.25, 0.3) is 0 Å². The van der Waals surface area contributed by atoms with Crippen LogP contribution < -0.4 is 5.32 Å². The first-order chi connectivity index (χ1) is 8.81. The number of amides is 2. The highest BCUT2D eigenvalue weighted by molar-refractivity contribution is 7.99. The molecule has 0 bridgehead atoms. The molecule has 1 saturated heterocycles. The quantitative estimate of drug-likeness (QED) is 0.919. The molecule has 0 aliphatic carbocycles. The monoisotopic (exact) mass is 284 g/mol. The molecule has 1 aliphatic rings. The molecule has 0 saturated carbocycles. The second kappa shape index (κ2) is 7.04. The van der Waals surface area contributed by atoms with E-state index >= 15 is 0 Å². The average Bonchev–Trinajstić information content (AvgIpc) is 2.93. The van der Waals surface area contributed by atoms with Gasteiger partial charge in [-0.3, -0.25) is 0 Å². The van der Waals surface area contributed by atoms with Gasteiger partial charge < -0.3 is 10.2 Å². The molecule has 3 nitrogen and oxygen atoms in total. The summed E-state index contributed by atoms with van der Waals surface area (Å²) in [5, 5.41) is 5.25. The lowest BCUT2D eigenvalue weighted by Crippen LogP contribution is -2.45. The highest BCUT2D eigenvalue weighted by Gasteiger charge is 2.20. The van der Waals surface area contributed by atoms with Gasteiger partial charge in [-0.1, -0.05) is 19.4 Å². The van der Waals surface area contributed by atoms with Crippen LogP contribution in [0, 0.1) is 0 Å². The molecule has 0 aromatic carbocycles. The molecule has 0 spiro atoms. The maximum Gasteiger partial charge on any atom is 0.317 e. The average molecular weight is 284 g/mol. The maximum atomic E-state index is 12.2. The first-order valence-corrected chi connectivity index (χ1v) is 8.51. The number of carbonyl (C=O) groups excluding carboxylic acids is 1. The van der Waals surface area contributed by atoms with E-state index in [1.54, 1.807) is 11.3 Å². The van der Waals surface area contributed by atoms with E-state index in [1.165, 1.54) is 4.88 Å². The summed E-state index contributed by atoms with van der Waals surface area (Å²) < 4.78 is 0. The van der Waals surface area contributed by atoms with Crippen molar-refractivity contribution in [1.29, 1.82) is 0 Å². The van der Waals surface area contributed by atoms with Crippen LogP contribution in [0.1, 0.15) is 30.7 Å². The van der Waals surface area contributed by atoms with Crippen molar-refractivity contribution in [1.82, 2.24) is 10.2 Å². The number of urea groups is 1. The van der Waals surface area contributed by atoms with E-state index in [-0.39, 0.29) is 12.1 Å². The van der Waals surface area contributed by atoms with Gasteiger partial charge in [-0.25, -0.2) is 4.79 Å². The van der Waals surface area contributed by atoms with Gasteiger partial charge in [-0.05, 0) is 17.9 Å². The van der Waals surface area contributed by atoms with Crippen molar-refractivity contribution >= 4 is 29.1 Å². The zero-order valence-corrected chi connectivity index (χ0v) is 12.4. The van der Waals surface area contributed by atoms with Crippen LogP contribution in [0.5, 0.6) is 0 Å². The van der Waals surface area contributed by atoms with Crippen molar-refractivity contribution in [2.45, 2.75) is 25.8 Å². The largest absolute Gasteiger partial charge is 0.330 e. The van der Waals surface area contributed by atoms with Crippen LogP contribution in [0.25, 0.3) is 0 Å². The Hall–Kier alpha value is -0.680. The highest BCUT2D eigenvalue weighted by atomic mass is 32.2. The van der Waals surface area contributed by atoms with Gasteiger partial charge in [0.2, 0.25) is 0 Å². The highest BCUT2D eigenvalue weighted by Crippen LogP contribution is 2.23. The molecule has 1 aromatic heterocycles. The maximum absolute atomic E-state index is 12.2. The van der Waals surface area contributed by atoms with Crippen LogP contribution >= 0.6 is 23.1 Å². The summed E-state index contributed by atoms with van der Waals surface area (Å²) in [6.45, 7) is 3.91. The Morgan fingerprint density at radius 2 is 2.28 bits per heavy atom. The van der Waals surface area contributed by atoms with Crippen molar-refractivity contribution in [3.05, 3.63) is 22.4 Å². The van der Waals surface area contributed by atoms with Gasteiger partial charge >= 0.3 is 6.03 Å². The van der Waals surface area contributed by atoms with Crippen LogP contribution in [0.15, 0.2) is 17.5 Å². The van der Waals surface area contributed by atoms with Crippen molar-refractivity contribution in [3.63, 3.8) is 0 Å². The van der Waals surface area contributed by atoms with Crippen LogP contribution in [0.2, 0.25) is 0 Å². The predicted molar refractivity (Wildman–Crippen MR) is 79.4 cm³/mol. The Labute approximate surface area is 117 Å². The van der Waals surface area contributed by atoms with Gasteiger partial charge in [-0.15, -0.1) is 11.3 Å². The Balaban J connectivity index is 1.93. The fraction of sp³-hybridized carbons (Fsp3) is 0.615. The minimum Gasteiger partial charge on any atom is -0.330 e. The number of rotatable bonds is 4. The summed E-state index contributed by atoms with van der Waals surface area (Å²) >= 11 is 3.65. The topological polar surface area (TPSA) is 32.3 Å². The Morgan fingerprint density at radius 3 is 2.89 bits per heavy atom. The lowest BCUT2D eigenvalue weighted by molar-refractivity contribution is 0.198. The van der Waals surface area contributed by atoms with Gasteiger partial charge in [0.1, 0.15) is 0 Å². The molecule has 1 atom stereocenters. The molecule has 0 unspecified atom stereocenters. The molecular weight excluding hydrogens is 264 g/mol. The van der Waals surface area contributed by atoms with Crippen LogP contribution in [-0.2, 0) is 0 Å². The van der Waals surface area contributed by atoms with Crippen LogP contribution in [0.3, 0.4) is 0 Å². The fourth-order valence-corrected chi connectivity index (χ4v) is 3.79. The van der Waals surface area contributed by atoms with E-state index in [2.05, 4.69) is 23.7 Å². The van der Waals surface area contributed by atoms with E-state index in [0.717, 1.165) is 37.4 Å². The standard InChI is InChI=1S/C13H20N2OS2/c1-2-4-11(12-5-3-8-18-12)14-13(16)15-6-9-17-10-7-15/h3,5,8,11H,2,4,6-7,9-10H2,1H3,(H,14,16)/t11-/m1/s1. The normalized spacial score (nSPS) is 17.5. The van der Waals surface area contributed by atoms with Gasteiger partial charge in [-0.2, -0.15) is 11.8 Å². The lowest BCUT2D eigenvalue weighted by atomic mass is 10.1. The smallest absolute Gasteiger partial charge is 0.317 e. The molecule has 1 fully saturated rings. The molecule has 100 valence electrons. The first kappa shape index (κ1) is 13.7. The summed E-state index contributed by atoms with van der Waals surface area (Å²) in [6, 6.07) is 4.43. The SMILES string of the molecule is CCC[C@@H](NC(=O)N1CCSCC1)c1cccs1. The summed E-state index contributed by atoms with van der Waals surface area (Å²) in [4.78, 5) is 15.4. The van der Waals surface area contributed by atoms with E-state index in [0.29, 0.717) is 0 Å². The third-order valence-corrected chi connectivity index (χ3v) is 4.99. The second-order valence-electron chi connectivity index (χ2n) is 4.41. The third-order valence-electron chi connectivity index (χ3n) is 3.06. The molecule has 1 aliphatic heterocycles. The summed E-state index contributed by atoms with van der Waals surface area (Å²) in [7, 11) is 0. The zero-order chi connectivity index (χ0) is 12.8. The third kappa shape index (κ3) is 3.65. The minimum absolute atomic E-state index is 0.0992. The summed E-state index contributed by atoms with van der Waals surface area (Å²) in [6.07, 6.45) is 2.09. The second-order valence-corrected chi connectivity index (χ2v) is 6.61. The van der Waals surface area contributed by atoms with Gasteiger partial charge in [0, 0.05) is 29.5 Å².